The van der Waals surface area contributed by atoms with Crippen molar-refractivity contribution < 1.29 is 54.9 Å². The van der Waals surface area contributed by atoms with Gasteiger partial charge in [0.2, 0.25) is 0 Å². The molecule has 0 aliphatic heterocycles. The number of alkyl halides is 6. The van der Waals surface area contributed by atoms with Gasteiger partial charge in [0.05, 0.1) is 16.2 Å². The minimum Gasteiger partial charge on any atom is -0.464 e. The number of rotatable bonds is 11. The lowest BCUT2D eigenvalue weighted by Crippen LogP contribution is -2.46. The number of fused-ring (bicyclic) bond motifs is 3. The van der Waals surface area contributed by atoms with E-state index in [0.29, 0.717) is 12.3 Å². The van der Waals surface area contributed by atoms with Crippen LogP contribution in [0.2, 0.25) is 0 Å². The first-order valence-electron chi connectivity index (χ1n) is 15.3. The molecule has 2 aromatic rings. The first kappa shape index (κ1) is 35.5. The molecule has 0 N–H and O–H groups in total. The molecule has 2 aliphatic rings. The summed E-state index contributed by atoms with van der Waals surface area (Å²) in [5.74, 6) is -5.70. The summed E-state index contributed by atoms with van der Waals surface area (Å²) in [4.78, 5) is 40.4. The Labute approximate surface area is 264 Å². The van der Waals surface area contributed by atoms with Crippen molar-refractivity contribution in [3.63, 3.8) is 0 Å². The molecule has 0 heterocycles. The number of ether oxygens (including phenoxy) is 3. The number of carbonyl (C=O) groups excluding carboxylic acids is 3. The number of halogens is 6. The molecule has 2 bridgehead atoms. The maximum Gasteiger partial charge on any atom is 0.403 e. The highest BCUT2D eigenvalue weighted by molar-refractivity contribution is 5.86. The lowest BCUT2D eigenvalue weighted by atomic mass is 9.66. The van der Waals surface area contributed by atoms with Crippen molar-refractivity contribution in [2.24, 2.45) is 34.0 Å². The zero-order chi connectivity index (χ0) is 34.3. The fraction of sp³-hybridized carbons (Fsp3) is 0.618. The van der Waals surface area contributed by atoms with E-state index in [1.165, 1.54) is 20.8 Å². The Morgan fingerprint density at radius 2 is 1.35 bits per heavy atom. The summed E-state index contributed by atoms with van der Waals surface area (Å²) in [6.45, 7) is 5.19. The quantitative estimate of drug-likeness (QED) is 0.137. The maximum atomic E-state index is 13.9. The van der Waals surface area contributed by atoms with Gasteiger partial charge in [0.1, 0.15) is 18.5 Å². The minimum atomic E-state index is -5.68. The Bertz CT molecular complexity index is 1430. The van der Waals surface area contributed by atoms with E-state index in [1.807, 2.05) is 24.3 Å². The highest BCUT2D eigenvalue weighted by Gasteiger charge is 2.58. The third-order valence-corrected chi connectivity index (χ3v) is 9.30. The number of carbonyl (C=O) groups is 3. The van der Waals surface area contributed by atoms with Gasteiger partial charge in [0.25, 0.3) is 0 Å². The van der Waals surface area contributed by atoms with E-state index in [-0.39, 0.29) is 30.6 Å². The molecule has 4 atom stereocenters. The summed E-state index contributed by atoms with van der Waals surface area (Å²) in [6.07, 6.45) is -8.75. The van der Waals surface area contributed by atoms with Crippen LogP contribution in [-0.2, 0) is 23.9 Å². The first-order valence-corrected chi connectivity index (χ1v) is 15.3. The largest absolute Gasteiger partial charge is 0.464 e. The van der Waals surface area contributed by atoms with Crippen molar-refractivity contribution in [3.8, 4) is 5.75 Å². The summed E-state index contributed by atoms with van der Waals surface area (Å²) < 4.78 is 94.7. The Morgan fingerprint density at radius 1 is 0.761 bits per heavy atom. The Hall–Kier alpha value is -3.31. The van der Waals surface area contributed by atoms with Crippen molar-refractivity contribution in [2.45, 2.75) is 91.6 Å². The van der Waals surface area contributed by atoms with Crippen molar-refractivity contribution in [3.05, 3.63) is 42.5 Å². The average molecular weight is 659 g/mol. The molecule has 12 heteroatoms. The Kier molecular flexibility index (Phi) is 9.82. The Morgan fingerprint density at radius 3 is 1.89 bits per heavy atom. The third-order valence-electron chi connectivity index (χ3n) is 9.30. The van der Waals surface area contributed by atoms with Crippen LogP contribution in [0.4, 0.5) is 26.3 Å². The molecule has 0 amide bonds. The number of esters is 3. The average Bonchev–Trinajstić information content (AvgIpc) is 3.54. The van der Waals surface area contributed by atoms with Crippen LogP contribution in [-0.4, -0.2) is 43.0 Å². The topological polar surface area (TPSA) is 78.9 Å². The van der Waals surface area contributed by atoms with Gasteiger partial charge in [0.15, 0.2) is 5.92 Å². The number of hydrogen-bond donors (Lipinski definition) is 0. The van der Waals surface area contributed by atoms with E-state index in [4.69, 9.17) is 9.47 Å². The lowest BCUT2D eigenvalue weighted by molar-refractivity contribution is -0.293. The van der Waals surface area contributed by atoms with Crippen LogP contribution in [0.5, 0.6) is 5.75 Å². The molecule has 254 valence electrons. The molecule has 6 nitrogen and oxygen atoms in total. The van der Waals surface area contributed by atoms with Gasteiger partial charge in [0, 0.05) is 0 Å². The van der Waals surface area contributed by atoms with Gasteiger partial charge in [-0.05, 0) is 108 Å². The highest BCUT2D eigenvalue weighted by Crippen LogP contribution is 2.49. The second kappa shape index (κ2) is 12.7. The first-order chi connectivity index (χ1) is 21.1. The van der Waals surface area contributed by atoms with Gasteiger partial charge < -0.3 is 14.2 Å². The monoisotopic (exact) mass is 658 g/mol. The smallest absolute Gasteiger partial charge is 0.403 e. The molecular weight excluding hydrogens is 618 g/mol. The molecule has 4 rings (SSSR count). The van der Waals surface area contributed by atoms with E-state index in [2.05, 4.69) is 4.74 Å². The SMILES string of the molecule is CC(C)(CC(C)(CC(C)(C)C(=O)Oc1ccc2ccccc2c1)C(=O)OC1CC2CCC1C2)C(=O)OCC(C(F)(F)F)C(F)(F)F. The Balaban J connectivity index is 1.55. The van der Waals surface area contributed by atoms with E-state index < -0.39 is 59.0 Å². The summed E-state index contributed by atoms with van der Waals surface area (Å²) in [6, 6.07) is 12.6. The van der Waals surface area contributed by atoms with Gasteiger partial charge in [-0.3, -0.25) is 14.4 Å². The summed E-state index contributed by atoms with van der Waals surface area (Å²) in [5, 5.41) is 1.77. The zero-order valence-electron chi connectivity index (χ0n) is 26.5. The van der Waals surface area contributed by atoms with E-state index >= 15 is 0 Å². The third kappa shape index (κ3) is 8.15. The van der Waals surface area contributed by atoms with Gasteiger partial charge in [-0.15, -0.1) is 0 Å². The van der Waals surface area contributed by atoms with Gasteiger partial charge in [-0.1, -0.05) is 30.3 Å². The standard InChI is InChI=1S/C34H40F6O6/c1-30(2,27(41)44-17-26(33(35,36)37)34(38,39)40)18-32(5,29(43)46-25-15-20-10-11-23(25)14-20)19-31(3,4)28(42)45-24-13-12-21-8-6-7-9-22(21)16-24/h6-9,12-13,16,20,23,25-26H,10-11,14-15,17-19H2,1-5H3. The molecule has 0 radical (unpaired) electrons. The molecule has 46 heavy (non-hydrogen) atoms. The maximum absolute atomic E-state index is 13.9. The van der Waals surface area contributed by atoms with Crippen molar-refractivity contribution >= 4 is 28.7 Å². The van der Waals surface area contributed by atoms with Crippen LogP contribution < -0.4 is 4.74 Å². The summed E-state index contributed by atoms with van der Waals surface area (Å²) in [5.41, 5.74) is -4.65. The fourth-order valence-corrected chi connectivity index (χ4v) is 7.12. The van der Waals surface area contributed by atoms with Crippen LogP contribution in [0.3, 0.4) is 0 Å². The fourth-order valence-electron chi connectivity index (χ4n) is 7.12. The molecule has 2 saturated carbocycles. The van der Waals surface area contributed by atoms with Crippen LogP contribution in [0, 0.1) is 34.0 Å². The van der Waals surface area contributed by atoms with Gasteiger partial charge in [-0.2, -0.15) is 26.3 Å². The van der Waals surface area contributed by atoms with Crippen LogP contribution in [0.1, 0.15) is 73.1 Å². The second-order valence-electron chi connectivity index (χ2n) is 14.4. The van der Waals surface area contributed by atoms with Crippen LogP contribution in [0.25, 0.3) is 10.8 Å². The minimum absolute atomic E-state index is 0.184. The van der Waals surface area contributed by atoms with Crippen LogP contribution in [0.15, 0.2) is 42.5 Å². The number of benzene rings is 2. The molecule has 2 aliphatic carbocycles. The van der Waals surface area contributed by atoms with Crippen molar-refractivity contribution in [2.75, 3.05) is 6.61 Å². The predicted molar refractivity (Wildman–Crippen MR) is 156 cm³/mol. The van der Waals surface area contributed by atoms with E-state index in [1.54, 1.807) is 32.0 Å². The molecule has 4 unspecified atom stereocenters. The van der Waals surface area contributed by atoms with Gasteiger partial charge in [-0.25, -0.2) is 0 Å². The molecular formula is C34H40F6O6. The number of hydrogen-bond acceptors (Lipinski definition) is 6. The lowest BCUT2D eigenvalue weighted by Gasteiger charge is -2.39. The molecule has 0 aromatic heterocycles. The second-order valence-corrected chi connectivity index (χ2v) is 14.4. The normalized spacial score (nSPS) is 21.7. The highest BCUT2D eigenvalue weighted by atomic mass is 19.4. The molecule has 0 spiro atoms. The zero-order valence-corrected chi connectivity index (χ0v) is 26.5. The van der Waals surface area contributed by atoms with Crippen molar-refractivity contribution in [1.29, 1.82) is 0 Å². The van der Waals surface area contributed by atoms with Gasteiger partial charge >= 0.3 is 30.3 Å². The molecule has 0 saturated heterocycles. The summed E-state index contributed by atoms with van der Waals surface area (Å²) in [7, 11) is 0. The van der Waals surface area contributed by atoms with Crippen molar-refractivity contribution in [1.82, 2.24) is 0 Å². The molecule has 2 fully saturated rings. The van der Waals surface area contributed by atoms with E-state index in [9.17, 15) is 40.7 Å². The molecule has 2 aromatic carbocycles. The predicted octanol–water partition coefficient (Wildman–Crippen LogP) is 8.60. The summed E-state index contributed by atoms with van der Waals surface area (Å²) >= 11 is 0. The van der Waals surface area contributed by atoms with Crippen LogP contribution >= 0.6 is 0 Å². The van der Waals surface area contributed by atoms with E-state index in [0.717, 1.165) is 30.0 Å².